The lowest BCUT2D eigenvalue weighted by molar-refractivity contribution is -0.887. The maximum atomic E-state index is 12.8. The van der Waals surface area contributed by atoms with Gasteiger partial charge in [-0.25, -0.2) is 4.79 Å². The first-order valence-corrected chi connectivity index (χ1v) is 23.6. The Balaban J connectivity index is 4.30. The summed E-state index contributed by atoms with van der Waals surface area (Å²) < 4.78 is 17.3. The molecule has 0 aliphatic rings. The second kappa shape index (κ2) is 42.2. The quantitative estimate of drug-likeness (QED) is 0.0283. The van der Waals surface area contributed by atoms with E-state index >= 15 is 0 Å². The summed E-state index contributed by atoms with van der Waals surface area (Å²) in [7, 11) is 5.51. The molecule has 0 rings (SSSR count). The van der Waals surface area contributed by atoms with Crippen LogP contribution in [0.2, 0.25) is 0 Å². The van der Waals surface area contributed by atoms with Crippen LogP contribution in [-0.4, -0.2) is 80.6 Å². The van der Waals surface area contributed by atoms with Crippen LogP contribution in [0, 0.1) is 0 Å². The molecule has 0 radical (unpaired) electrons. The van der Waals surface area contributed by atoms with E-state index in [2.05, 4.69) is 98.9 Å². The molecule has 0 amide bonds. The van der Waals surface area contributed by atoms with Crippen LogP contribution in [-0.2, 0) is 28.6 Å². The lowest BCUT2D eigenvalue weighted by atomic mass is 10.0. The molecule has 0 saturated carbocycles. The van der Waals surface area contributed by atoms with Crippen LogP contribution in [0.1, 0.15) is 174 Å². The third-order valence-electron chi connectivity index (χ3n) is 10.0. The number of aliphatic carboxylic acids is 1. The predicted molar refractivity (Wildman–Crippen MR) is 252 cm³/mol. The van der Waals surface area contributed by atoms with Crippen molar-refractivity contribution in [3.63, 3.8) is 0 Å². The van der Waals surface area contributed by atoms with Crippen molar-refractivity contribution in [1.29, 1.82) is 0 Å². The van der Waals surface area contributed by atoms with Crippen molar-refractivity contribution < 1.29 is 38.2 Å². The summed E-state index contributed by atoms with van der Waals surface area (Å²) in [4.78, 5) is 37.0. The summed E-state index contributed by atoms with van der Waals surface area (Å²) in [6, 6.07) is -0.624. The highest BCUT2D eigenvalue weighted by atomic mass is 16.6. The Bertz CT molecular complexity index is 1250. The van der Waals surface area contributed by atoms with Crippen molar-refractivity contribution in [2.45, 2.75) is 187 Å². The number of carbonyl (C=O) groups is 3. The maximum absolute atomic E-state index is 12.8. The average molecular weight is 839 g/mol. The molecule has 8 nitrogen and oxygen atoms in total. The number of carboxylic acid groups (broad SMARTS) is 1. The van der Waals surface area contributed by atoms with Crippen LogP contribution in [0.25, 0.3) is 0 Å². The fourth-order valence-corrected chi connectivity index (χ4v) is 6.45. The fourth-order valence-electron chi connectivity index (χ4n) is 6.45. The molecule has 60 heavy (non-hydrogen) atoms. The predicted octanol–water partition coefficient (Wildman–Crippen LogP) is 13.3. The molecule has 0 aromatic rings. The van der Waals surface area contributed by atoms with Crippen molar-refractivity contribution in [3.8, 4) is 0 Å². The average Bonchev–Trinajstić information content (AvgIpc) is 3.21. The molecule has 0 aliphatic heterocycles. The smallest absolute Gasteiger partial charge is 0.362 e. The summed E-state index contributed by atoms with van der Waals surface area (Å²) in [5.41, 5.74) is 0. The Morgan fingerprint density at radius 3 is 1.32 bits per heavy atom. The van der Waals surface area contributed by atoms with Crippen molar-refractivity contribution in [2.24, 2.45) is 0 Å². The Hall–Kier alpha value is -3.49. The molecular formula is C52H88NO7+. The summed E-state index contributed by atoms with van der Waals surface area (Å²) >= 11 is 0. The van der Waals surface area contributed by atoms with E-state index in [0.29, 0.717) is 19.3 Å². The molecule has 0 heterocycles. The molecule has 0 spiro atoms. The van der Waals surface area contributed by atoms with Gasteiger partial charge in [0.15, 0.2) is 12.1 Å². The highest BCUT2D eigenvalue weighted by molar-refractivity contribution is 5.72. The number of ether oxygens (including phenoxy) is 3. The monoisotopic (exact) mass is 839 g/mol. The van der Waals surface area contributed by atoms with Gasteiger partial charge in [-0.15, -0.1) is 0 Å². The third-order valence-corrected chi connectivity index (χ3v) is 10.0. The first kappa shape index (κ1) is 56.5. The van der Waals surface area contributed by atoms with E-state index in [-0.39, 0.29) is 36.2 Å². The maximum Gasteiger partial charge on any atom is 0.362 e. The zero-order valence-electron chi connectivity index (χ0n) is 38.9. The molecule has 342 valence electrons. The Kier molecular flexibility index (Phi) is 39.8. The van der Waals surface area contributed by atoms with Gasteiger partial charge < -0.3 is 23.8 Å². The van der Waals surface area contributed by atoms with Crippen molar-refractivity contribution in [1.82, 2.24) is 0 Å². The number of rotatable bonds is 41. The van der Waals surface area contributed by atoms with Crippen LogP contribution >= 0.6 is 0 Å². The molecule has 0 aliphatic carbocycles. The largest absolute Gasteiger partial charge is 0.477 e. The van der Waals surface area contributed by atoms with Gasteiger partial charge in [-0.1, -0.05) is 157 Å². The number of nitrogens with zero attached hydrogens (tertiary/aromatic N) is 1. The van der Waals surface area contributed by atoms with Gasteiger partial charge >= 0.3 is 17.9 Å². The van der Waals surface area contributed by atoms with Gasteiger partial charge in [0.1, 0.15) is 6.61 Å². The standard InChI is InChI=1S/C52H87NO7/c1-6-8-10-12-14-16-18-20-21-22-23-24-25-26-27-28-29-31-33-35-37-39-41-43-51(55)60-48(46-58-45-44-49(52(56)57)53(3,4)5)47-59-50(54)42-40-38-36-34-32-30-19-17-15-13-11-9-7-2/h8-11,14-17,20-21,23-24,30,32,48-49H,6-7,12-13,18-19,22,25-29,31,33-47H2,1-5H3/p+1/b10-8-,11-9-,16-14-,17-15-,21-20-,24-23-,32-30-. The topological polar surface area (TPSA) is 99.1 Å². The van der Waals surface area contributed by atoms with Gasteiger partial charge in [-0.2, -0.15) is 0 Å². The van der Waals surface area contributed by atoms with Gasteiger partial charge in [0.25, 0.3) is 0 Å². The van der Waals surface area contributed by atoms with Crippen molar-refractivity contribution in [3.05, 3.63) is 85.1 Å². The molecule has 8 heteroatoms. The van der Waals surface area contributed by atoms with Gasteiger partial charge in [-0.05, 0) is 83.5 Å². The Morgan fingerprint density at radius 1 is 0.500 bits per heavy atom. The molecule has 2 unspecified atom stereocenters. The minimum absolute atomic E-state index is 0.0455. The SMILES string of the molecule is CC/C=C\C/C=C\C/C=C\C/C=C\CCCCCCCCCCCCC(=O)OC(COCCC(C(=O)O)[N+](C)(C)C)COC(=O)CCCCC/C=C\C/C=C\C/C=C\CC. The second-order valence-corrected chi connectivity index (χ2v) is 16.6. The second-order valence-electron chi connectivity index (χ2n) is 16.6. The van der Waals surface area contributed by atoms with E-state index in [1.807, 2.05) is 21.1 Å². The van der Waals surface area contributed by atoms with E-state index in [4.69, 9.17) is 14.2 Å². The fraction of sp³-hybridized carbons (Fsp3) is 0.673. The summed E-state index contributed by atoms with van der Waals surface area (Å²) in [5, 5.41) is 9.63. The number of hydrogen-bond donors (Lipinski definition) is 1. The zero-order chi connectivity index (χ0) is 44.2. The van der Waals surface area contributed by atoms with Gasteiger partial charge in [0, 0.05) is 19.3 Å². The first-order valence-electron chi connectivity index (χ1n) is 23.6. The van der Waals surface area contributed by atoms with E-state index in [9.17, 15) is 19.5 Å². The van der Waals surface area contributed by atoms with Gasteiger partial charge in [0.2, 0.25) is 0 Å². The van der Waals surface area contributed by atoms with Crippen LogP contribution in [0.3, 0.4) is 0 Å². The minimum Gasteiger partial charge on any atom is -0.477 e. The number of allylic oxidation sites excluding steroid dienone is 14. The molecular weight excluding hydrogens is 751 g/mol. The van der Waals surface area contributed by atoms with Crippen LogP contribution in [0.15, 0.2) is 85.1 Å². The first-order chi connectivity index (χ1) is 29.1. The van der Waals surface area contributed by atoms with E-state index in [0.717, 1.165) is 89.9 Å². The molecule has 0 bridgehead atoms. The van der Waals surface area contributed by atoms with Crippen LogP contribution < -0.4 is 0 Å². The minimum atomic E-state index is -0.883. The van der Waals surface area contributed by atoms with E-state index in [1.165, 1.54) is 51.4 Å². The van der Waals surface area contributed by atoms with Crippen molar-refractivity contribution >= 4 is 17.9 Å². The van der Waals surface area contributed by atoms with E-state index < -0.39 is 18.1 Å². The number of esters is 2. The number of unbranched alkanes of at least 4 members (excludes halogenated alkanes) is 13. The molecule has 1 N–H and O–H groups in total. The lowest BCUT2D eigenvalue weighted by Crippen LogP contribution is -2.50. The van der Waals surface area contributed by atoms with Gasteiger partial charge in [0.05, 0.1) is 34.4 Å². The third kappa shape index (κ3) is 39.9. The van der Waals surface area contributed by atoms with Gasteiger partial charge in [-0.3, -0.25) is 9.59 Å². The van der Waals surface area contributed by atoms with E-state index in [1.54, 1.807) is 0 Å². The number of carboxylic acids is 1. The summed E-state index contributed by atoms with van der Waals surface area (Å²) in [6.07, 6.45) is 54.9. The number of hydrogen-bond acceptors (Lipinski definition) is 6. The highest BCUT2D eigenvalue weighted by Gasteiger charge is 2.31. The van der Waals surface area contributed by atoms with Crippen molar-refractivity contribution in [2.75, 3.05) is 41.0 Å². The number of likely N-dealkylation sites (N-methyl/N-ethyl adjacent to an activating group) is 1. The zero-order valence-corrected chi connectivity index (χ0v) is 38.9. The lowest BCUT2D eigenvalue weighted by Gasteiger charge is -2.31. The highest BCUT2D eigenvalue weighted by Crippen LogP contribution is 2.14. The molecule has 0 saturated heterocycles. The van der Waals surface area contributed by atoms with Crippen LogP contribution in [0.5, 0.6) is 0 Å². The number of quaternary nitrogens is 1. The number of carbonyl (C=O) groups excluding carboxylic acids is 2. The normalized spacial score (nSPS) is 13.7. The van der Waals surface area contributed by atoms with Crippen LogP contribution in [0.4, 0.5) is 0 Å². The molecule has 2 atom stereocenters. The molecule has 0 aromatic heterocycles. The summed E-state index contributed by atoms with van der Waals surface area (Å²) in [6.45, 7) is 4.46. The molecule has 0 fully saturated rings. The summed E-state index contributed by atoms with van der Waals surface area (Å²) in [5.74, 6) is -1.52. The Labute approximate surface area is 367 Å². The molecule has 0 aromatic carbocycles. The Morgan fingerprint density at radius 2 is 0.883 bits per heavy atom.